The van der Waals surface area contributed by atoms with Gasteiger partial charge in [-0.15, -0.1) is 6.58 Å². The predicted molar refractivity (Wildman–Crippen MR) is 91.7 cm³/mol. The van der Waals surface area contributed by atoms with Crippen molar-refractivity contribution < 1.29 is 33.2 Å². The first-order chi connectivity index (χ1) is 12.1. The van der Waals surface area contributed by atoms with Crippen LogP contribution in [-0.2, 0) is 33.2 Å². The molecule has 25 heavy (non-hydrogen) atoms. The van der Waals surface area contributed by atoms with Gasteiger partial charge < -0.3 is 33.2 Å². The standard InChI is InChI=1S/C18H32O7/c1-4-6-19-8-9-20-10-11-21-12-13-22-14-16-17-15(5-7-23-16)24-18(2,3)25-17/h4,15-17H,1,5-14H2,2-3H3. The summed E-state index contributed by atoms with van der Waals surface area (Å²) in [6, 6.07) is 0. The van der Waals surface area contributed by atoms with Crippen molar-refractivity contribution in [2.24, 2.45) is 0 Å². The van der Waals surface area contributed by atoms with E-state index in [0.717, 1.165) is 6.42 Å². The van der Waals surface area contributed by atoms with Crippen LogP contribution in [0.1, 0.15) is 20.3 Å². The molecule has 3 atom stereocenters. The SMILES string of the molecule is C=CCOCCOCCOCCOCC1OCCC2OC(C)(C)OC12. The quantitative estimate of drug-likeness (QED) is 0.365. The molecule has 2 aliphatic rings. The molecule has 2 saturated heterocycles. The lowest BCUT2D eigenvalue weighted by atomic mass is 10.0. The first-order valence-corrected chi connectivity index (χ1v) is 9.01. The minimum atomic E-state index is -0.541. The monoisotopic (exact) mass is 360 g/mol. The third-order valence-electron chi connectivity index (χ3n) is 3.96. The number of hydrogen-bond donors (Lipinski definition) is 0. The Labute approximate surface area is 150 Å². The van der Waals surface area contributed by atoms with Gasteiger partial charge in [0.2, 0.25) is 0 Å². The molecule has 7 nitrogen and oxygen atoms in total. The molecule has 0 saturated carbocycles. The highest BCUT2D eigenvalue weighted by Gasteiger charge is 2.47. The van der Waals surface area contributed by atoms with Crippen molar-refractivity contribution in [3.63, 3.8) is 0 Å². The van der Waals surface area contributed by atoms with E-state index in [9.17, 15) is 0 Å². The zero-order valence-electron chi connectivity index (χ0n) is 15.4. The highest BCUT2D eigenvalue weighted by molar-refractivity contribution is 4.90. The maximum Gasteiger partial charge on any atom is 0.163 e. The summed E-state index contributed by atoms with van der Waals surface area (Å²) in [6.07, 6.45) is 2.54. The van der Waals surface area contributed by atoms with Gasteiger partial charge in [-0.1, -0.05) is 6.08 Å². The Morgan fingerprint density at radius 2 is 1.60 bits per heavy atom. The normalized spacial score (nSPS) is 28.0. The third-order valence-corrected chi connectivity index (χ3v) is 3.96. The van der Waals surface area contributed by atoms with Crippen LogP contribution in [0.5, 0.6) is 0 Å². The topological polar surface area (TPSA) is 64.6 Å². The van der Waals surface area contributed by atoms with Gasteiger partial charge in [0.05, 0.1) is 59.0 Å². The maximum absolute atomic E-state index is 5.93. The van der Waals surface area contributed by atoms with Crippen molar-refractivity contribution in [2.45, 2.75) is 44.4 Å². The Morgan fingerprint density at radius 1 is 0.960 bits per heavy atom. The van der Waals surface area contributed by atoms with Gasteiger partial charge in [0.15, 0.2) is 5.79 Å². The Morgan fingerprint density at radius 3 is 2.28 bits per heavy atom. The zero-order valence-corrected chi connectivity index (χ0v) is 15.4. The summed E-state index contributed by atoms with van der Waals surface area (Å²) < 4.78 is 39.3. The minimum absolute atomic E-state index is 0.0543. The molecule has 0 N–H and O–H groups in total. The number of ether oxygens (including phenoxy) is 7. The second kappa shape index (κ2) is 11.2. The molecule has 2 heterocycles. The van der Waals surface area contributed by atoms with Crippen molar-refractivity contribution in [1.82, 2.24) is 0 Å². The Bertz CT molecular complexity index is 374. The maximum atomic E-state index is 5.93. The van der Waals surface area contributed by atoms with E-state index in [1.807, 2.05) is 13.8 Å². The van der Waals surface area contributed by atoms with Crippen LogP contribution in [0, 0.1) is 0 Å². The van der Waals surface area contributed by atoms with E-state index >= 15 is 0 Å². The molecular formula is C18H32O7. The van der Waals surface area contributed by atoms with Gasteiger partial charge in [0.1, 0.15) is 12.2 Å². The van der Waals surface area contributed by atoms with E-state index in [0.29, 0.717) is 59.5 Å². The van der Waals surface area contributed by atoms with E-state index in [4.69, 9.17) is 33.2 Å². The lowest BCUT2D eigenvalue weighted by Gasteiger charge is -2.31. The molecular weight excluding hydrogens is 328 g/mol. The molecule has 0 aromatic carbocycles. The molecule has 2 rings (SSSR count). The molecule has 2 fully saturated rings. The fraction of sp³-hybridized carbons (Fsp3) is 0.889. The lowest BCUT2D eigenvalue weighted by Crippen LogP contribution is -2.45. The summed E-state index contributed by atoms with van der Waals surface area (Å²) >= 11 is 0. The van der Waals surface area contributed by atoms with E-state index in [2.05, 4.69) is 6.58 Å². The molecule has 7 heteroatoms. The minimum Gasteiger partial charge on any atom is -0.377 e. The Balaban J connectivity index is 1.43. The summed E-state index contributed by atoms with van der Waals surface area (Å²) in [5.41, 5.74) is 0. The molecule has 0 radical (unpaired) electrons. The average molecular weight is 360 g/mol. The van der Waals surface area contributed by atoms with Gasteiger partial charge in [0, 0.05) is 6.61 Å². The van der Waals surface area contributed by atoms with Gasteiger partial charge >= 0.3 is 0 Å². The average Bonchev–Trinajstić information content (AvgIpc) is 2.90. The van der Waals surface area contributed by atoms with Gasteiger partial charge in [-0.05, 0) is 20.3 Å². The predicted octanol–water partition coefficient (Wildman–Crippen LogP) is 1.55. The van der Waals surface area contributed by atoms with E-state index < -0.39 is 5.79 Å². The lowest BCUT2D eigenvalue weighted by molar-refractivity contribution is -0.160. The van der Waals surface area contributed by atoms with Gasteiger partial charge in [-0.25, -0.2) is 0 Å². The summed E-state index contributed by atoms with van der Waals surface area (Å²) in [7, 11) is 0. The fourth-order valence-corrected chi connectivity index (χ4v) is 2.90. The van der Waals surface area contributed by atoms with Crippen molar-refractivity contribution >= 4 is 0 Å². The summed E-state index contributed by atoms with van der Waals surface area (Å²) in [5.74, 6) is -0.541. The van der Waals surface area contributed by atoms with Crippen molar-refractivity contribution in [2.75, 3.05) is 59.5 Å². The van der Waals surface area contributed by atoms with Crippen molar-refractivity contribution in [1.29, 1.82) is 0 Å². The second-order valence-electron chi connectivity index (χ2n) is 6.50. The highest BCUT2D eigenvalue weighted by Crippen LogP contribution is 2.35. The van der Waals surface area contributed by atoms with Gasteiger partial charge in [-0.3, -0.25) is 0 Å². The molecule has 0 aliphatic carbocycles. The van der Waals surface area contributed by atoms with Crippen LogP contribution in [0.15, 0.2) is 12.7 Å². The van der Waals surface area contributed by atoms with Crippen LogP contribution in [-0.4, -0.2) is 83.6 Å². The van der Waals surface area contributed by atoms with E-state index in [1.165, 1.54) is 0 Å². The summed E-state index contributed by atoms with van der Waals surface area (Å²) in [6.45, 7) is 12.4. The van der Waals surface area contributed by atoms with Crippen LogP contribution >= 0.6 is 0 Å². The van der Waals surface area contributed by atoms with E-state index in [-0.39, 0.29) is 18.3 Å². The molecule has 2 aliphatic heterocycles. The Kier molecular flexibility index (Phi) is 9.33. The number of hydrogen-bond acceptors (Lipinski definition) is 7. The second-order valence-corrected chi connectivity index (χ2v) is 6.50. The molecule has 0 spiro atoms. The van der Waals surface area contributed by atoms with Crippen LogP contribution < -0.4 is 0 Å². The smallest absolute Gasteiger partial charge is 0.163 e. The fourth-order valence-electron chi connectivity index (χ4n) is 2.90. The van der Waals surface area contributed by atoms with Crippen LogP contribution in [0.25, 0.3) is 0 Å². The molecule has 0 amide bonds. The molecule has 0 aromatic rings. The van der Waals surface area contributed by atoms with Gasteiger partial charge in [0.25, 0.3) is 0 Å². The van der Waals surface area contributed by atoms with Crippen LogP contribution in [0.3, 0.4) is 0 Å². The summed E-state index contributed by atoms with van der Waals surface area (Å²) in [5, 5.41) is 0. The summed E-state index contributed by atoms with van der Waals surface area (Å²) in [4.78, 5) is 0. The Hall–Kier alpha value is -0.540. The van der Waals surface area contributed by atoms with E-state index in [1.54, 1.807) is 6.08 Å². The van der Waals surface area contributed by atoms with Crippen LogP contribution in [0.4, 0.5) is 0 Å². The number of rotatable bonds is 13. The van der Waals surface area contributed by atoms with Gasteiger partial charge in [-0.2, -0.15) is 0 Å². The first kappa shape index (κ1) is 20.8. The largest absolute Gasteiger partial charge is 0.377 e. The highest BCUT2D eigenvalue weighted by atomic mass is 16.8. The van der Waals surface area contributed by atoms with Crippen molar-refractivity contribution in [3.8, 4) is 0 Å². The molecule has 0 aromatic heterocycles. The van der Waals surface area contributed by atoms with Crippen molar-refractivity contribution in [3.05, 3.63) is 12.7 Å². The molecule has 146 valence electrons. The third kappa shape index (κ3) is 7.70. The molecule has 0 bridgehead atoms. The number of fused-ring (bicyclic) bond motifs is 1. The zero-order chi connectivity index (χ0) is 18.0. The first-order valence-electron chi connectivity index (χ1n) is 9.01. The van der Waals surface area contributed by atoms with Crippen LogP contribution in [0.2, 0.25) is 0 Å². The molecule has 3 unspecified atom stereocenters.